The van der Waals surface area contributed by atoms with Crippen molar-refractivity contribution in [3.05, 3.63) is 11.1 Å². The predicted octanol–water partition coefficient (Wildman–Crippen LogP) is -0.288. The van der Waals surface area contributed by atoms with Crippen molar-refractivity contribution in [1.82, 2.24) is 19.5 Å². The molecule has 2 aromatic heterocycles. The minimum atomic E-state index is -0.735. The number of H-pyrrole nitrogens is 1. The van der Waals surface area contributed by atoms with Crippen molar-refractivity contribution in [2.45, 2.75) is 24.9 Å². The number of aromatic amines is 1. The van der Waals surface area contributed by atoms with Crippen molar-refractivity contribution in [1.29, 1.82) is 0 Å². The highest BCUT2D eigenvalue weighted by Gasteiger charge is 2.35. The van der Waals surface area contributed by atoms with Crippen LogP contribution < -0.4 is 5.73 Å². The zero-order valence-electron chi connectivity index (χ0n) is 9.85. The van der Waals surface area contributed by atoms with Crippen LogP contribution in [0, 0.1) is 4.77 Å². The van der Waals surface area contributed by atoms with Gasteiger partial charge in [0.15, 0.2) is 16.2 Å². The fourth-order valence-corrected chi connectivity index (χ4v) is 2.57. The summed E-state index contributed by atoms with van der Waals surface area (Å²) in [4.78, 5) is 10.9. The molecule has 0 aromatic carbocycles. The van der Waals surface area contributed by atoms with Crippen LogP contribution in [0.1, 0.15) is 12.6 Å². The largest absolute Gasteiger partial charge is 0.394 e. The van der Waals surface area contributed by atoms with Crippen LogP contribution in [-0.4, -0.2) is 48.5 Å². The van der Waals surface area contributed by atoms with Gasteiger partial charge in [0.1, 0.15) is 24.2 Å². The molecule has 0 saturated carbocycles. The number of imidazole rings is 1. The number of hydrogen-bond acceptors (Lipinski definition) is 7. The number of aliphatic hydroxyl groups excluding tert-OH is 2. The molecular weight excluding hydrogens is 270 g/mol. The highest BCUT2D eigenvalue weighted by atomic mass is 32.1. The number of fused-ring (bicyclic) bond motifs is 1. The monoisotopic (exact) mass is 283 g/mol. The Balaban J connectivity index is 2.09. The lowest BCUT2D eigenvalue weighted by Gasteiger charge is -2.13. The summed E-state index contributed by atoms with van der Waals surface area (Å²) in [5.74, 6) is 0.298. The van der Waals surface area contributed by atoms with Crippen LogP contribution in [0.3, 0.4) is 0 Å². The maximum absolute atomic E-state index is 9.78. The molecule has 3 rings (SSSR count). The third kappa shape index (κ3) is 1.91. The molecule has 102 valence electrons. The number of aromatic nitrogens is 4. The Morgan fingerprint density at radius 2 is 2.37 bits per heavy atom. The van der Waals surface area contributed by atoms with Crippen molar-refractivity contribution < 1.29 is 14.9 Å². The van der Waals surface area contributed by atoms with E-state index in [4.69, 9.17) is 27.8 Å². The van der Waals surface area contributed by atoms with Gasteiger partial charge in [0.25, 0.3) is 0 Å². The molecule has 5 N–H and O–H groups in total. The zero-order chi connectivity index (χ0) is 13.6. The van der Waals surface area contributed by atoms with E-state index in [1.165, 1.54) is 6.33 Å². The summed E-state index contributed by atoms with van der Waals surface area (Å²) < 4.78 is 7.60. The Morgan fingerprint density at radius 1 is 1.58 bits per heavy atom. The lowest BCUT2D eigenvalue weighted by molar-refractivity contribution is -0.0436. The molecule has 2 aromatic rings. The van der Waals surface area contributed by atoms with Crippen molar-refractivity contribution in [3.8, 4) is 0 Å². The van der Waals surface area contributed by atoms with E-state index in [-0.39, 0.29) is 6.61 Å². The SMILES string of the molecule is Nc1ncnc2c1[nH]c(=S)n2[C@H]1C[C@@H](O)[C@@H](CO)O1. The van der Waals surface area contributed by atoms with Crippen molar-refractivity contribution in [2.75, 3.05) is 12.3 Å². The molecule has 0 amide bonds. The third-order valence-electron chi connectivity index (χ3n) is 3.21. The molecule has 0 unspecified atom stereocenters. The normalized spacial score (nSPS) is 27.2. The van der Waals surface area contributed by atoms with E-state index in [0.717, 1.165) is 0 Å². The van der Waals surface area contributed by atoms with Gasteiger partial charge >= 0.3 is 0 Å². The van der Waals surface area contributed by atoms with Crippen LogP contribution in [0.15, 0.2) is 6.33 Å². The van der Waals surface area contributed by atoms with Crippen molar-refractivity contribution in [2.24, 2.45) is 0 Å². The first kappa shape index (κ1) is 12.5. The summed E-state index contributed by atoms with van der Waals surface area (Å²) in [5.41, 5.74) is 6.81. The summed E-state index contributed by atoms with van der Waals surface area (Å²) in [5, 5.41) is 18.9. The first-order valence-electron chi connectivity index (χ1n) is 5.77. The van der Waals surface area contributed by atoms with Gasteiger partial charge in [-0.05, 0) is 12.2 Å². The second-order valence-electron chi connectivity index (χ2n) is 4.37. The van der Waals surface area contributed by atoms with Crippen LogP contribution in [-0.2, 0) is 4.74 Å². The van der Waals surface area contributed by atoms with Gasteiger partial charge in [-0.3, -0.25) is 4.57 Å². The standard InChI is InChI=1S/C10H13N5O3S/c11-8-7-9(13-3-12-8)15(10(19)14-7)6-1-4(17)5(2-16)18-6/h3-6,16-17H,1-2H2,(H,14,19)(H2,11,12,13)/t4-,5-,6-/m1/s1. The zero-order valence-corrected chi connectivity index (χ0v) is 10.7. The van der Waals surface area contributed by atoms with Gasteiger partial charge in [0.05, 0.1) is 12.7 Å². The molecule has 1 saturated heterocycles. The molecule has 0 aliphatic carbocycles. The summed E-state index contributed by atoms with van der Waals surface area (Å²) in [6.07, 6.45) is -0.165. The van der Waals surface area contributed by atoms with Crippen molar-refractivity contribution >= 4 is 29.2 Å². The highest BCUT2D eigenvalue weighted by Crippen LogP contribution is 2.31. The Bertz CT molecular complexity index is 669. The Hall–Kier alpha value is -1.55. The van der Waals surface area contributed by atoms with Gasteiger partial charge in [-0.1, -0.05) is 0 Å². The smallest absolute Gasteiger partial charge is 0.181 e. The van der Waals surface area contributed by atoms with Crippen LogP contribution in [0.2, 0.25) is 0 Å². The van der Waals surface area contributed by atoms with Gasteiger partial charge in [-0.2, -0.15) is 0 Å². The van der Waals surface area contributed by atoms with E-state index in [0.29, 0.717) is 28.2 Å². The topological polar surface area (TPSA) is 122 Å². The number of aliphatic hydroxyl groups is 2. The molecule has 19 heavy (non-hydrogen) atoms. The Kier molecular flexibility index (Phi) is 2.97. The Labute approximate surface area is 112 Å². The molecule has 0 bridgehead atoms. The summed E-state index contributed by atoms with van der Waals surface area (Å²) >= 11 is 5.22. The second kappa shape index (κ2) is 4.53. The summed E-state index contributed by atoms with van der Waals surface area (Å²) in [7, 11) is 0. The molecule has 9 heteroatoms. The first-order valence-corrected chi connectivity index (χ1v) is 6.17. The molecule has 0 radical (unpaired) electrons. The highest BCUT2D eigenvalue weighted by molar-refractivity contribution is 7.71. The number of rotatable bonds is 2. The summed E-state index contributed by atoms with van der Waals surface area (Å²) in [6.45, 7) is -0.246. The fraction of sp³-hybridized carbons (Fsp3) is 0.500. The second-order valence-corrected chi connectivity index (χ2v) is 4.76. The molecular formula is C10H13N5O3S. The molecule has 1 fully saturated rings. The van der Waals surface area contributed by atoms with Gasteiger partial charge in [0.2, 0.25) is 0 Å². The molecule has 1 aliphatic rings. The maximum atomic E-state index is 9.78. The van der Waals surface area contributed by atoms with Gasteiger partial charge in [0, 0.05) is 6.42 Å². The third-order valence-corrected chi connectivity index (χ3v) is 3.51. The summed E-state index contributed by atoms with van der Waals surface area (Å²) in [6, 6.07) is 0. The van der Waals surface area contributed by atoms with Gasteiger partial charge < -0.3 is 25.7 Å². The average molecular weight is 283 g/mol. The number of anilines is 1. The number of nitrogen functional groups attached to an aromatic ring is 1. The minimum absolute atomic E-state index is 0.246. The molecule has 8 nitrogen and oxygen atoms in total. The predicted molar refractivity (Wildman–Crippen MR) is 68.7 cm³/mol. The lowest BCUT2D eigenvalue weighted by Crippen LogP contribution is -2.24. The van der Waals surface area contributed by atoms with E-state index in [9.17, 15) is 5.11 Å². The van der Waals surface area contributed by atoms with Gasteiger partial charge in [-0.15, -0.1) is 0 Å². The lowest BCUT2D eigenvalue weighted by atomic mass is 10.2. The number of hydrogen-bond donors (Lipinski definition) is 4. The molecule has 3 atom stereocenters. The maximum Gasteiger partial charge on any atom is 0.181 e. The number of nitrogens with one attached hydrogen (secondary N) is 1. The van der Waals surface area contributed by atoms with Gasteiger partial charge in [-0.25, -0.2) is 9.97 Å². The molecule has 0 spiro atoms. The number of nitrogens with two attached hydrogens (primary N) is 1. The number of nitrogens with zero attached hydrogens (tertiary/aromatic N) is 3. The van der Waals surface area contributed by atoms with Crippen LogP contribution in [0.4, 0.5) is 5.82 Å². The van der Waals surface area contributed by atoms with E-state index >= 15 is 0 Å². The minimum Gasteiger partial charge on any atom is -0.394 e. The quantitative estimate of drug-likeness (QED) is 0.559. The van der Waals surface area contributed by atoms with Crippen LogP contribution >= 0.6 is 12.2 Å². The van der Waals surface area contributed by atoms with Crippen LogP contribution in [0.25, 0.3) is 11.2 Å². The Morgan fingerprint density at radius 3 is 3.05 bits per heavy atom. The van der Waals surface area contributed by atoms with E-state index in [1.54, 1.807) is 4.57 Å². The fourth-order valence-electron chi connectivity index (χ4n) is 2.26. The van der Waals surface area contributed by atoms with E-state index in [2.05, 4.69) is 15.0 Å². The first-order chi connectivity index (χ1) is 9.11. The van der Waals surface area contributed by atoms with Crippen LogP contribution in [0.5, 0.6) is 0 Å². The molecule has 3 heterocycles. The average Bonchev–Trinajstić information content (AvgIpc) is 2.90. The molecule has 1 aliphatic heterocycles. The van der Waals surface area contributed by atoms with E-state index < -0.39 is 18.4 Å². The number of ether oxygens (including phenoxy) is 1. The van der Waals surface area contributed by atoms with Crippen molar-refractivity contribution in [3.63, 3.8) is 0 Å². The van der Waals surface area contributed by atoms with E-state index in [1.807, 2.05) is 0 Å².